The summed E-state index contributed by atoms with van der Waals surface area (Å²) in [6.45, 7) is 0. The average molecular weight is 229 g/mol. The summed E-state index contributed by atoms with van der Waals surface area (Å²) in [6.07, 6.45) is 0. The Bertz CT molecular complexity index is 225. The number of hydrogen-bond acceptors (Lipinski definition) is 7. The Morgan fingerprint density at radius 1 is 1.08 bits per heavy atom. The van der Waals surface area contributed by atoms with E-state index < -0.39 is 18.2 Å². The van der Waals surface area contributed by atoms with Gasteiger partial charge in [0.1, 0.15) is 0 Å². The van der Waals surface area contributed by atoms with E-state index in [0.29, 0.717) is 0 Å². The third kappa shape index (κ3) is 22.5. The van der Waals surface area contributed by atoms with Crippen LogP contribution in [0.4, 0.5) is 0 Å². The summed E-state index contributed by atoms with van der Waals surface area (Å²) in [5.41, 5.74) is 0. The minimum Gasteiger partial charge on any atom is -0.344 e. The van der Waals surface area contributed by atoms with E-state index in [2.05, 4.69) is 3.97 Å². The molecule has 0 aromatic heterocycles. The molecule has 0 fully saturated rings. The Labute approximate surface area is 68.9 Å². The van der Waals surface area contributed by atoms with Crippen molar-refractivity contribution in [2.45, 2.75) is 0 Å². The van der Waals surface area contributed by atoms with Crippen molar-refractivity contribution in [3.05, 3.63) is 0 Å². The highest BCUT2D eigenvalue weighted by Crippen LogP contribution is 2.37. The van der Waals surface area contributed by atoms with E-state index in [4.69, 9.17) is 14.3 Å². The summed E-state index contributed by atoms with van der Waals surface area (Å²) in [5, 5.41) is 0. The van der Waals surface area contributed by atoms with Gasteiger partial charge in [0.2, 0.25) is 0 Å². The van der Waals surface area contributed by atoms with Gasteiger partial charge in [0.05, 0.1) is 0 Å². The first-order chi connectivity index (χ1) is 3.71. The topological polar surface area (TPSA) is 226 Å². The Hall–Kier alpha value is -0.100. The Kier molecular flexibility index (Phi) is 12.1. The van der Waals surface area contributed by atoms with E-state index in [9.17, 15) is 13.0 Å². The maximum absolute atomic E-state index is 9.58. The molecule has 80 valence electrons. The molecule has 12 heavy (non-hydrogen) atoms. The molecule has 0 rings (SSSR count). The zero-order chi connectivity index (χ0) is 7.71. The van der Waals surface area contributed by atoms with Crippen molar-refractivity contribution in [3.8, 4) is 0 Å². The highest BCUT2D eigenvalue weighted by Gasteiger charge is 2.22. The first-order valence-corrected chi connectivity index (χ1v) is 4.34. The first-order valence-electron chi connectivity index (χ1n) is 1.45. The highest BCUT2D eigenvalue weighted by molar-refractivity contribution is 7.85. The molecule has 0 aromatic carbocycles. The lowest BCUT2D eigenvalue weighted by atomic mass is 14.0. The van der Waals surface area contributed by atoms with Crippen molar-refractivity contribution < 1.29 is 31.3 Å². The second-order valence-corrected chi connectivity index (χ2v) is 3.43. The lowest BCUT2D eigenvalue weighted by molar-refractivity contribution is 0.268. The van der Waals surface area contributed by atoms with Gasteiger partial charge >= 0.3 is 18.2 Å². The summed E-state index contributed by atoms with van der Waals surface area (Å²) in [6, 6.07) is 0. The van der Waals surface area contributed by atoms with E-state index in [1.165, 1.54) is 0 Å². The fraction of sp³-hybridized carbons (Fsp3) is 0. The van der Waals surface area contributed by atoms with Crippen LogP contribution in [0.15, 0.2) is 0 Å². The zero-order valence-electron chi connectivity index (χ0n) is 5.95. The molecule has 0 aliphatic rings. The molecule has 0 radical (unpaired) electrons. The van der Waals surface area contributed by atoms with Crippen LogP contribution in [0.5, 0.6) is 0 Å². The van der Waals surface area contributed by atoms with Gasteiger partial charge in [-0.2, -0.15) is 8.42 Å². The molecular weight excluding hydrogens is 217 g/mol. The predicted molar refractivity (Wildman–Crippen MR) is 39.7 cm³/mol. The van der Waals surface area contributed by atoms with Gasteiger partial charge in [-0.25, -0.2) is 4.57 Å². The number of rotatable bonds is 2. The van der Waals surface area contributed by atoms with Gasteiger partial charge in [0, 0.05) is 0 Å². The Morgan fingerprint density at radius 2 is 1.33 bits per heavy atom. The summed E-state index contributed by atoms with van der Waals surface area (Å²) in [4.78, 5) is 15.4. The van der Waals surface area contributed by atoms with E-state index in [0.717, 1.165) is 0 Å². The van der Waals surface area contributed by atoms with Gasteiger partial charge in [-0.1, -0.05) is 0 Å². The van der Waals surface area contributed by atoms with Crippen LogP contribution in [0.1, 0.15) is 0 Å². The second-order valence-electron chi connectivity index (χ2n) is 0.993. The fourth-order valence-corrected chi connectivity index (χ4v) is 1.10. The molecule has 0 amide bonds. The molecule has 0 heterocycles. The minimum atomic E-state index is -5.13. The molecule has 0 saturated carbocycles. The molecular formula is H12N3O7PS. The van der Waals surface area contributed by atoms with Crippen LogP contribution in [0, 0.1) is 0 Å². The molecule has 0 atom stereocenters. The lowest BCUT2D eigenvalue weighted by Crippen LogP contribution is -2.00. The standard InChI is InChI=1S/3H3N.H3O7PS/c;;;1-8(2,3)7-9(4,5)6/h3*1H3;(H2,1,2,3)(H,4,5,6). The Balaban J connectivity index is -0.000000107. The summed E-state index contributed by atoms with van der Waals surface area (Å²) < 4.78 is 39.0. The van der Waals surface area contributed by atoms with Gasteiger partial charge in [0.15, 0.2) is 0 Å². The van der Waals surface area contributed by atoms with Crippen molar-refractivity contribution in [3.63, 3.8) is 0 Å². The lowest BCUT2D eigenvalue weighted by Gasteiger charge is -1.97. The van der Waals surface area contributed by atoms with Crippen LogP contribution < -0.4 is 18.5 Å². The molecule has 0 bridgehead atoms. The van der Waals surface area contributed by atoms with Crippen molar-refractivity contribution in [2.75, 3.05) is 0 Å². The molecule has 12 heteroatoms. The molecule has 0 saturated heterocycles. The third-order valence-corrected chi connectivity index (χ3v) is 1.72. The zero-order valence-corrected chi connectivity index (χ0v) is 7.66. The fourth-order valence-electron chi connectivity index (χ4n) is 0.123. The van der Waals surface area contributed by atoms with Gasteiger partial charge in [-0.05, 0) is 0 Å². The molecule has 0 aliphatic carbocycles. The van der Waals surface area contributed by atoms with Gasteiger partial charge < -0.3 is 28.2 Å². The van der Waals surface area contributed by atoms with Crippen molar-refractivity contribution in [2.24, 2.45) is 0 Å². The van der Waals surface area contributed by atoms with Crippen LogP contribution in [0.3, 0.4) is 0 Å². The van der Waals surface area contributed by atoms with Crippen molar-refractivity contribution >= 4 is 18.2 Å². The molecule has 10 nitrogen and oxygen atoms in total. The van der Waals surface area contributed by atoms with Crippen LogP contribution in [-0.4, -0.2) is 22.8 Å². The third-order valence-electron chi connectivity index (χ3n) is 0.191. The monoisotopic (exact) mass is 229 g/mol. The molecule has 0 aliphatic heterocycles. The van der Waals surface area contributed by atoms with Gasteiger partial charge in [0.25, 0.3) is 0 Å². The highest BCUT2D eigenvalue weighted by atomic mass is 32.3. The largest absolute Gasteiger partial charge is 0.486 e. The van der Waals surface area contributed by atoms with Gasteiger partial charge in [-0.15, -0.1) is 3.97 Å². The summed E-state index contributed by atoms with van der Waals surface area (Å²) >= 11 is 0. The SMILES string of the molecule is N.N.N.O=P(O)(O)OS(=O)(=O)O. The van der Waals surface area contributed by atoms with E-state index in [-0.39, 0.29) is 18.5 Å². The smallest absolute Gasteiger partial charge is 0.344 e. The normalized spacial score (nSPS) is 10.2. The average Bonchev–Trinajstić information content (AvgIpc) is 1.14. The molecule has 0 spiro atoms. The number of hydrogen-bond donors (Lipinski definition) is 6. The number of phosphoric acid groups is 1. The summed E-state index contributed by atoms with van der Waals surface area (Å²) in [5.74, 6) is 0. The molecule has 0 unspecified atom stereocenters. The second kappa shape index (κ2) is 6.42. The van der Waals surface area contributed by atoms with Crippen molar-refractivity contribution in [1.29, 1.82) is 0 Å². The van der Waals surface area contributed by atoms with Crippen LogP contribution in [-0.2, 0) is 18.9 Å². The van der Waals surface area contributed by atoms with E-state index in [1.54, 1.807) is 0 Å². The van der Waals surface area contributed by atoms with Crippen LogP contribution >= 0.6 is 7.82 Å². The minimum absolute atomic E-state index is 0. The molecule has 0 aromatic rings. The predicted octanol–water partition coefficient (Wildman–Crippen LogP) is -0.616. The van der Waals surface area contributed by atoms with E-state index >= 15 is 0 Å². The quantitative estimate of drug-likeness (QED) is 0.259. The van der Waals surface area contributed by atoms with Crippen LogP contribution in [0.25, 0.3) is 0 Å². The maximum Gasteiger partial charge on any atom is 0.486 e. The maximum atomic E-state index is 9.58. The Morgan fingerprint density at radius 3 is 1.33 bits per heavy atom. The first kappa shape index (κ1) is 22.7. The summed E-state index contributed by atoms with van der Waals surface area (Å²) in [7, 11) is -10.2. The van der Waals surface area contributed by atoms with Gasteiger partial charge in [-0.3, -0.25) is 4.55 Å². The van der Waals surface area contributed by atoms with Crippen molar-refractivity contribution in [1.82, 2.24) is 18.5 Å². The molecule has 12 N–H and O–H groups in total. The van der Waals surface area contributed by atoms with Crippen LogP contribution in [0.2, 0.25) is 0 Å². The van der Waals surface area contributed by atoms with E-state index in [1.807, 2.05) is 0 Å².